The van der Waals surface area contributed by atoms with Crippen molar-refractivity contribution in [1.29, 1.82) is 0 Å². The minimum Gasteiger partial charge on any atom is -0.383 e. The largest absolute Gasteiger partial charge is 0.383 e. The van der Waals surface area contributed by atoms with Gasteiger partial charge in [-0.1, -0.05) is 54.6 Å². The Hall–Kier alpha value is -2.27. The van der Waals surface area contributed by atoms with Crippen LogP contribution in [0.25, 0.3) is 10.9 Å². The third-order valence-electron chi connectivity index (χ3n) is 6.76. The van der Waals surface area contributed by atoms with Crippen molar-refractivity contribution < 1.29 is 5.11 Å². The Morgan fingerprint density at radius 2 is 1.72 bits per heavy atom. The highest BCUT2D eigenvalue weighted by Crippen LogP contribution is 2.38. The van der Waals surface area contributed by atoms with Gasteiger partial charge >= 0.3 is 0 Å². The van der Waals surface area contributed by atoms with E-state index < -0.39 is 5.60 Å². The van der Waals surface area contributed by atoms with Gasteiger partial charge in [0.1, 0.15) is 5.60 Å². The predicted molar refractivity (Wildman–Crippen MR) is 117 cm³/mol. The molecule has 0 bridgehead atoms. The maximum absolute atomic E-state index is 11.8. The monoisotopic (exact) mass is 387 g/mol. The van der Waals surface area contributed by atoms with Crippen LogP contribution >= 0.6 is 0 Å². The SMILES string of the molecule is O[C@]1(c2ccccc2)CCN(Cc2cccc3cccnc23)C[C@H]1N1CCCC1. The zero-order valence-corrected chi connectivity index (χ0v) is 16.9. The quantitative estimate of drug-likeness (QED) is 0.739. The lowest BCUT2D eigenvalue weighted by molar-refractivity contribution is -0.0958. The zero-order chi connectivity index (χ0) is 19.7. The van der Waals surface area contributed by atoms with Gasteiger partial charge in [0.05, 0.1) is 11.6 Å². The van der Waals surface area contributed by atoms with Gasteiger partial charge in [0.25, 0.3) is 0 Å². The van der Waals surface area contributed by atoms with Crippen molar-refractivity contribution in [3.63, 3.8) is 0 Å². The molecule has 2 saturated heterocycles. The van der Waals surface area contributed by atoms with E-state index in [0.29, 0.717) is 0 Å². The number of aliphatic hydroxyl groups is 1. The number of piperidine rings is 1. The number of pyridine rings is 1. The Bertz CT molecular complexity index is 965. The molecule has 2 fully saturated rings. The molecule has 4 heteroatoms. The van der Waals surface area contributed by atoms with Crippen molar-refractivity contribution in [3.8, 4) is 0 Å². The number of hydrogen-bond acceptors (Lipinski definition) is 4. The molecule has 2 atom stereocenters. The summed E-state index contributed by atoms with van der Waals surface area (Å²) in [5, 5.41) is 13.0. The summed E-state index contributed by atoms with van der Waals surface area (Å²) in [7, 11) is 0. The van der Waals surface area contributed by atoms with E-state index in [4.69, 9.17) is 0 Å². The van der Waals surface area contributed by atoms with E-state index >= 15 is 0 Å². The van der Waals surface area contributed by atoms with Crippen LogP contribution in [0.15, 0.2) is 66.9 Å². The van der Waals surface area contributed by atoms with Crippen molar-refractivity contribution in [1.82, 2.24) is 14.8 Å². The van der Waals surface area contributed by atoms with Crippen LogP contribution in [0.5, 0.6) is 0 Å². The molecule has 2 aliphatic rings. The molecule has 0 unspecified atom stereocenters. The van der Waals surface area contributed by atoms with Gasteiger partial charge < -0.3 is 5.11 Å². The average molecular weight is 388 g/mol. The lowest BCUT2D eigenvalue weighted by Gasteiger charge is -2.48. The highest BCUT2D eigenvalue weighted by atomic mass is 16.3. The summed E-state index contributed by atoms with van der Waals surface area (Å²) in [6.07, 6.45) is 5.10. The fourth-order valence-corrected chi connectivity index (χ4v) is 5.20. The lowest BCUT2D eigenvalue weighted by atomic mass is 9.79. The third kappa shape index (κ3) is 3.57. The number of hydrogen-bond donors (Lipinski definition) is 1. The van der Waals surface area contributed by atoms with E-state index in [2.05, 4.69) is 51.2 Å². The topological polar surface area (TPSA) is 39.6 Å². The first kappa shape index (κ1) is 18.7. The van der Waals surface area contributed by atoms with Gasteiger partial charge in [-0.15, -0.1) is 0 Å². The first-order valence-corrected chi connectivity index (χ1v) is 10.8. The van der Waals surface area contributed by atoms with Gasteiger partial charge in [0, 0.05) is 31.2 Å². The van der Waals surface area contributed by atoms with E-state index in [0.717, 1.165) is 50.2 Å². The second kappa shape index (κ2) is 7.86. The van der Waals surface area contributed by atoms with Gasteiger partial charge in [-0.3, -0.25) is 14.8 Å². The lowest BCUT2D eigenvalue weighted by Crippen LogP contribution is -2.60. The minimum atomic E-state index is -0.779. The highest BCUT2D eigenvalue weighted by molar-refractivity contribution is 5.81. The normalized spacial score (nSPS) is 26.2. The summed E-state index contributed by atoms with van der Waals surface area (Å²) < 4.78 is 0. The Labute approximate surface area is 172 Å². The first-order chi connectivity index (χ1) is 14.2. The first-order valence-electron chi connectivity index (χ1n) is 10.8. The molecular formula is C25H29N3O. The number of aromatic nitrogens is 1. The number of benzene rings is 2. The molecule has 0 saturated carbocycles. The standard InChI is InChI=1S/C25H29N3O/c29-25(22-11-2-1-3-12-22)13-17-27(19-23(25)28-15-4-5-16-28)18-21-9-6-8-20-10-7-14-26-24(20)21/h1-3,6-12,14,23,29H,4-5,13,15-19H2/t23-,25+/m1/s1. The van der Waals surface area contributed by atoms with E-state index in [9.17, 15) is 5.11 Å². The Balaban J connectivity index is 1.43. The van der Waals surface area contributed by atoms with Crippen LogP contribution in [0.4, 0.5) is 0 Å². The molecule has 1 aromatic heterocycles. The van der Waals surface area contributed by atoms with Crippen LogP contribution in [0.2, 0.25) is 0 Å². The smallest absolute Gasteiger partial charge is 0.108 e. The Morgan fingerprint density at radius 3 is 2.55 bits per heavy atom. The van der Waals surface area contributed by atoms with Gasteiger partial charge in [0.2, 0.25) is 0 Å². The molecule has 4 nitrogen and oxygen atoms in total. The molecule has 3 aromatic rings. The predicted octanol–water partition coefficient (Wildman–Crippen LogP) is 3.79. The summed E-state index contributed by atoms with van der Waals surface area (Å²) in [5.74, 6) is 0. The van der Waals surface area contributed by atoms with Gasteiger partial charge in [-0.05, 0) is 49.5 Å². The van der Waals surface area contributed by atoms with Crippen molar-refractivity contribution >= 4 is 10.9 Å². The van der Waals surface area contributed by atoms with Crippen LogP contribution in [0, 0.1) is 0 Å². The maximum Gasteiger partial charge on any atom is 0.108 e. The fourth-order valence-electron chi connectivity index (χ4n) is 5.20. The van der Waals surface area contributed by atoms with E-state index in [1.165, 1.54) is 23.8 Å². The molecule has 0 amide bonds. The molecule has 0 radical (unpaired) electrons. The van der Waals surface area contributed by atoms with Gasteiger partial charge in [0.15, 0.2) is 0 Å². The Morgan fingerprint density at radius 1 is 0.931 bits per heavy atom. The molecule has 29 heavy (non-hydrogen) atoms. The van der Waals surface area contributed by atoms with E-state index in [1.54, 1.807) is 0 Å². The summed E-state index contributed by atoms with van der Waals surface area (Å²) >= 11 is 0. The molecule has 3 heterocycles. The molecule has 2 aliphatic heterocycles. The molecule has 0 aliphatic carbocycles. The van der Waals surface area contributed by atoms with Crippen LogP contribution in [-0.2, 0) is 12.1 Å². The van der Waals surface area contributed by atoms with Crippen molar-refractivity contribution in [2.75, 3.05) is 26.2 Å². The maximum atomic E-state index is 11.8. The summed E-state index contributed by atoms with van der Waals surface area (Å²) in [5.41, 5.74) is 2.65. The molecular weight excluding hydrogens is 358 g/mol. The van der Waals surface area contributed by atoms with Crippen LogP contribution in [0.1, 0.15) is 30.4 Å². The number of likely N-dealkylation sites (tertiary alicyclic amines) is 2. The number of nitrogens with zero attached hydrogens (tertiary/aromatic N) is 3. The molecule has 2 aromatic carbocycles. The number of para-hydroxylation sites is 1. The Kier molecular flexibility index (Phi) is 5.08. The third-order valence-corrected chi connectivity index (χ3v) is 6.76. The second-order valence-electron chi connectivity index (χ2n) is 8.53. The highest BCUT2D eigenvalue weighted by Gasteiger charge is 2.46. The number of fused-ring (bicyclic) bond motifs is 1. The zero-order valence-electron chi connectivity index (χ0n) is 16.9. The van der Waals surface area contributed by atoms with Crippen LogP contribution < -0.4 is 0 Å². The molecule has 150 valence electrons. The fraction of sp³-hybridized carbons (Fsp3) is 0.400. The average Bonchev–Trinajstić information content (AvgIpc) is 3.31. The van der Waals surface area contributed by atoms with Gasteiger partial charge in [-0.2, -0.15) is 0 Å². The summed E-state index contributed by atoms with van der Waals surface area (Å²) in [6, 6.07) is 21.0. The van der Waals surface area contributed by atoms with Gasteiger partial charge in [-0.25, -0.2) is 0 Å². The molecule has 1 N–H and O–H groups in total. The number of rotatable bonds is 4. The summed E-state index contributed by atoms with van der Waals surface area (Å²) in [6.45, 7) is 4.82. The van der Waals surface area contributed by atoms with E-state index in [-0.39, 0.29) is 6.04 Å². The van der Waals surface area contributed by atoms with Crippen LogP contribution in [0.3, 0.4) is 0 Å². The minimum absolute atomic E-state index is 0.129. The van der Waals surface area contributed by atoms with Crippen molar-refractivity contribution in [3.05, 3.63) is 78.0 Å². The molecule has 0 spiro atoms. The van der Waals surface area contributed by atoms with Crippen LogP contribution in [-0.4, -0.2) is 52.1 Å². The van der Waals surface area contributed by atoms with Crippen molar-refractivity contribution in [2.45, 2.75) is 37.5 Å². The molecule has 5 rings (SSSR count). The second-order valence-corrected chi connectivity index (χ2v) is 8.53. The van der Waals surface area contributed by atoms with E-state index in [1.807, 2.05) is 30.5 Å². The van der Waals surface area contributed by atoms with Crippen molar-refractivity contribution in [2.24, 2.45) is 0 Å². The summed E-state index contributed by atoms with van der Waals surface area (Å²) in [4.78, 5) is 9.65.